The van der Waals surface area contributed by atoms with Crippen LogP contribution in [-0.2, 0) is 4.74 Å². The largest absolute Gasteiger partial charge is 0.388 e. The molecule has 1 saturated heterocycles. The molecule has 2 rings (SSSR count). The van der Waals surface area contributed by atoms with Gasteiger partial charge in [-0.2, -0.15) is 0 Å². The number of morpholine rings is 1. The van der Waals surface area contributed by atoms with E-state index in [1.807, 2.05) is 31.3 Å². The van der Waals surface area contributed by atoms with E-state index in [-0.39, 0.29) is 0 Å². The Morgan fingerprint density at radius 2 is 1.96 bits per heavy atom. The summed E-state index contributed by atoms with van der Waals surface area (Å²) in [6.45, 7) is 6.72. The van der Waals surface area contributed by atoms with E-state index in [0.29, 0.717) is 30.5 Å². The molecule has 6 heteroatoms. The maximum absolute atomic E-state index is 7.51. The van der Waals surface area contributed by atoms with E-state index in [0.717, 1.165) is 24.3 Å². The number of ether oxygens (including phenoxy) is 1. The van der Waals surface area contributed by atoms with Crippen molar-refractivity contribution < 1.29 is 4.74 Å². The van der Waals surface area contributed by atoms with E-state index in [2.05, 4.69) is 26.8 Å². The van der Waals surface area contributed by atoms with Crippen molar-refractivity contribution in [3.8, 4) is 0 Å². The first-order valence-corrected chi connectivity index (χ1v) is 7.55. The number of benzene rings is 1. The van der Waals surface area contributed by atoms with Crippen LogP contribution in [0.4, 0.5) is 5.69 Å². The number of nitrogens with one attached hydrogen (secondary N) is 2. The highest BCUT2D eigenvalue weighted by molar-refractivity contribution is 6.19. The fourth-order valence-electron chi connectivity index (χ4n) is 2.32. The highest BCUT2D eigenvalue weighted by Crippen LogP contribution is 2.12. The second-order valence-electron chi connectivity index (χ2n) is 5.08. The Morgan fingerprint density at radius 3 is 2.48 bits per heavy atom. The molecule has 0 amide bonds. The molecular weight excluding hydrogens is 290 g/mol. The zero-order valence-corrected chi connectivity index (χ0v) is 13.7. The molecule has 2 N–H and O–H groups in total. The Morgan fingerprint density at radius 1 is 1.30 bits per heavy atom. The molecule has 0 saturated carbocycles. The van der Waals surface area contributed by atoms with Crippen molar-refractivity contribution >= 4 is 23.6 Å². The Balaban J connectivity index is 2.33. The summed E-state index contributed by atoms with van der Waals surface area (Å²) in [7, 11) is 3.60. The van der Waals surface area contributed by atoms with Gasteiger partial charge in [-0.05, 0) is 24.3 Å². The fourth-order valence-corrected chi connectivity index (χ4v) is 2.32. The van der Waals surface area contributed by atoms with Crippen molar-refractivity contribution in [1.82, 2.24) is 4.90 Å². The van der Waals surface area contributed by atoms with Crippen LogP contribution in [0.25, 0.3) is 0 Å². The molecule has 0 atom stereocenters. The average molecular weight is 313 g/mol. The smallest absolute Gasteiger partial charge is 0.156 e. The molecule has 0 aliphatic carbocycles. The third-order valence-electron chi connectivity index (χ3n) is 3.63. The molecule has 1 aromatic carbocycles. The monoisotopic (exact) mass is 313 g/mol. The second kappa shape index (κ2) is 8.24. The minimum absolute atomic E-state index is 0.569. The standard InChI is InChI=1S/C17H23N5O/c1-13(12-18)17(22-8-10-23-11-9-22)21-16(20-3)14-4-6-15(19-2)7-5-14/h4-7,12,18-19H,1,8-11H2,2-3H3/b18-12?,20-16-,21-17+. The van der Waals surface area contributed by atoms with Crippen molar-refractivity contribution in [2.45, 2.75) is 0 Å². The van der Waals surface area contributed by atoms with Gasteiger partial charge in [-0.1, -0.05) is 6.58 Å². The van der Waals surface area contributed by atoms with Gasteiger partial charge in [0.1, 0.15) is 5.84 Å². The third-order valence-corrected chi connectivity index (χ3v) is 3.63. The Bertz CT molecular complexity index is 612. The summed E-state index contributed by atoms with van der Waals surface area (Å²) in [6, 6.07) is 7.91. The van der Waals surface area contributed by atoms with Crippen LogP contribution >= 0.6 is 0 Å². The quantitative estimate of drug-likeness (QED) is 0.660. The van der Waals surface area contributed by atoms with Gasteiger partial charge >= 0.3 is 0 Å². The van der Waals surface area contributed by atoms with Crippen LogP contribution in [0.5, 0.6) is 0 Å². The van der Waals surface area contributed by atoms with Crippen molar-refractivity contribution in [2.75, 3.05) is 45.7 Å². The Labute approximate surface area is 137 Å². The Hall–Kier alpha value is -2.47. The summed E-state index contributed by atoms with van der Waals surface area (Å²) >= 11 is 0. The molecule has 0 aromatic heterocycles. The molecule has 0 radical (unpaired) electrons. The summed E-state index contributed by atoms with van der Waals surface area (Å²) in [4.78, 5) is 11.1. The number of hydrogen-bond donors (Lipinski definition) is 2. The van der Waals surface area contributed by atoms with E-state index < -0.39 is 0 Å². The molecule has 6 nitrogen and oxygen atoms in total. The van der Waals surface area contributed by atoms with Gasteiger partial charge < -0.3 is 20.4 Å². The third kappa shape index (κ3) is 4.26. The fraction of sp³-hybridized carbons (Fsp3) is 0.353. The van der Waals surface area contributed by atoms with E-state index >= 15 is 0 Å². The number of nitrogens with zero attached hydrogens (tertiary/aromatic N) is 3. The van der Waals surface area contributed by atoms with Crippen LogP contribution in [0, 0.1) is 5.41 Å². The number of aliphatic imine (C=N–C) groups is 2. The molecular formula is C17H23N5O. The molecule has 1 heterocycles. The molecule has 0 bridgehead atoms. The van der Waals surface area contributed by atoms with Gasteiger partial charge in [-0.3, -0.25) is 4.99 Å². The minimum Gasteiger partial charge on any atom is -0.388 e. The zero-order chi connectivity index (χ0) is 16.7. The second-order valence-corrected chi connectivity index (χ2v) is 5.08. The molecule has 23 heavy (non-hydrogen) atoms. The summed E-state index contributed by atoms with van der Waals surface area (Å²) in [5.74, 6) is 1.30. The molecule has 1 aliphatic rings. The normalized spacial score (nSPS) is 16.2. The maximum atomic E-state index is 7.51. The summed E-state index contributed by atoms with van der Waals surface area (Å²) in [5.41, 5.74) is 2.53. The van der Waals surface area contributed by atoms with Gasteiger partial charge in [0, 0.05) is 50.2 Å². The van der Waals surface area contributed by atoms with Crippen LogP contribution in [0.15, 0.2) is 46.4 Å². The number of rotatable bonds is 4. The van der Waals surface area contributed by atoms with E-state index in [1.165, 1.54) is 6.21 Å². The number of anilines is 1. The molecule has 1 fully saturated rings. The summed E-state index contributed by atoms with van der Waals surface area (Å²) < 4.78 is 5.38. The SMILES string of the molecule is C=C(C=N)/C(=N\C(=N/C)c1ccc(NC)cc1)N1CCOCC1. The molecule has 1 aliphatic heterocycles. The molecule has 0 unspecified atom stereocenters. The van der Waals surface area contributed by atoms with Gasteiger partial charge in [-0.15, -0.1) is 0 Å². The first kappa shape index (κ1) is 16.9. The lowest BCUT2D eigenvalue weighted by atomic mass is 10.2. The van der Waals surface area contributed by atoms with Gasteiger partial charge in [0.25, 0.3) is 0 Å². The topological polar surface area (TPSA) is 73.1 Å². The van der Waals surface area contributed by atoms with Crippen molar-refractivity contribution in [2.24, 2.45) is 9.98 Å². The highest BCUT2D eigenvalue weighted by atomic mass is 16.5. The number of hydrogen-bond acceptors (Lipinski definition) is 4. The molecule has 0 spiro atoms. The van der Waals surface area contributed by atoms with E-state index in [9.17, 15) is 0 Å². The van der Waals surface area contributed by atoms with Gasteiger partial charge in [-0.25, -0.2) is 4.99 Å². The lowest BCUT2D eigenvalue weighted by molar-refractivity contribution is 0.0684. The molecule has 1 aromatic rings. The highest BCUT2D eigenvalue weighted by Gasteiger charge is 2.18. The van der Waals surface area contributed by atoms with Crippen LogP contribution < -0.4 is 5.32 Å². The van der Waals surface area contributed by atoms with Crippen molar-refractivity contribution in [1.29, 1.82) is 5.41 Å². The average Bonchev–Trinajstić information content (AvgIpc) is 2.63. The number of amidine groups is 2. The van der Waals surface area contributed by atoms with Gasteiger partial charge in [0.15, 0.2) is 5.84 Å². The predicted molar refractivity (Wildman–Crippen MR) is 96.2 cm³/mol. The van der Waals surface area contributed by atoms with Gasteiger partial charge in [0.2, 0.25) is 0 Å². The minimum atomic E-state index is 0.569. The maximum Gasteiger partial charge on any atom is 0.156 e. The van der Waals surface area contributed by atoms with Crippen LogP contribution in [0.1, 0.15) is 5.56 Å². The lowest BCUT2D eigenvalue weighted by Crippen LogP contribution is -2.42. The van der Waals surface area contributed by atoms with Crippen LogP contribution in [-0.4, -0.2) is 63.2 Å². The summed E-state index contributed by atoms with van der Waals surface area (Å²) in [6.07, 6.45) is 1.23. The van der Waals surface area contributed by atoms with E-state index in [4.69, 9.17) is 10.1 Å². The predicted octanol–water partition coefficient (Wildman–Crippen LogP) is 2.04. The zero-order valence-electron chi connectivity index (χ0n) is 13.7. The Kier molecular flexibility index (Phi) is 6.05. The first-order chi connectivity index (χ1) is 11.2. The lowest BCUT2D eigenvalue weighted by Gasteiger charge is -2.30. The van der Waals surface area contributed by atoms with E-state index in [1.54, 1.807) is 7.05 Å². The molecule has 122 valence electrons. The van der Waals surface area contributed by atoms with Crippen molar-refractivity contribution in [3.63, 3.8) is 0 Å². The first-order valence-electron chi connectivity index (χ1n) is 7.55. The van der Waals surface area contributed by atoms with Crippen molar-refractivity contribution in [3.05, 3.63) is 42.0 Å². The summed E-state index contributed by atoms with van der Waals surface area (Å²) in [5, 5.41) is 10.6. The van der Waals surface area contributed by atoms with Gasteiger partial charge in [0.05, 0.1) is 13.2 Å². The van der Waals surface area contributed by atoms with Crippen LogP contribution in [0.3, 0.4) is 0 Å². The van der Waals surface area contributed by atoms with Crippen LogP contribution in [0.2, 0.25) is 0 Å².